The van der Waals surface area contributed by atoms with E-state index in [2.05, 4.69) is 5.32 Å². The lowest BCUT2D eigenvalue weighted by Crippen LogP contribution is -2.31. The summed E-state index contributed by atoms with van der Waals surface area (Å²) in [6.45, 7) is 0.582. The van der Waals surface area contributed by atoms with Gasteiger partial charge in [0, 0.05) is 30.1 Å². The van der Waals surface area contributed by atoms with Gasteiger partial charge >= 0.3 is 0 Å². The van der Waals surface area contributed by atoms with Crippen LogP contribution in [0.4, 0.5) is 5.69 Å². The highest BCUT2D eigenvalue weighted by molar-refractivity contribution is 6.18. The summed E-state index contributed by atoms with van der Waals surface area (Å²) < 4.78 is 0. The summed E-state index contributed by atoms with van der Waals surface area (Å²) in [5.74, 6) is 1.23. The summed E-state index contributed by atoms with van der Waals surface area (Å²) in [4.78, 5) is 22.2. The summed E-state index contributed by atoms with van der Waals surface area (Å²) in [5, 5.41) is 13.5. The molecular formula is C14H17ClN2O3. The number of halogens is 1. The number of nitro groups is 1. The number of nitrogens with one attached hydrogen (secondary N) is 1. The van der Waals surface area contributed by atoms with Crippen molar-refractivity contribution in [3.8, 4) is 0 Å². The number of hydrogen-bond donors (Lipinski definition) is 1. The van der Waals surface area contributed by atoms with Gasteiger partial charge in [-0.05, 0) is 30.7 Å². The summed E-state index contributed by atoms with van der Waals surface area (Å²) in [5.41, 5.74) is 0.247. The van der Waals surface area contributed by atoms with Gasteiger partial charge in [0.1, 0.15) is 0 Å². The van der Waals surface area contributed by atoms with Crippen LogP contribution in [0.25, 0.3) is 0 Å². The van der Waals surface area contributed by atoms with Gasteiger partial charge in [-0.25, -0.2) is 0 Å². The van der Waals surface area contributed by atoms with Gasteiger partial charge in [0.05, 0.1) is 4.92 Å². The number of nitro benzene ring substituents is 1. The van der Waals surface area contributed by atoms with E-state index in [1.165, 1.54) is 18.2 Å². The number of carbonyl (C=O) groups excluding carboxylic acids is 1. The fraction of sp³-hybridized carbons (Fsp3) is 0.500. The Hall–Kier alpha value is -1.62. The van der Waals surface area contributed by atoms with Crippen LogP contribution in [0.1, 0.15) is 29.6 Å². The van der Waals surface area contributed by atoms with Crippen molar-refractivity contribution >= 4 is 23.2 Å². The second kappa shape index (κ2) is 6.70. The van der Waals surface area contributed by atoms with Crippen LogP contribution >= 0.6 is 11.6 Å². The molecule has 0 spiro atoms. The van der Waals surface area contributed by atoms with Crippen molar-refractivity contribution < 1.29 is 9.72 Å². The smallest absolute Gasteiger partial charge is 0.270 e. The van der Waals surface area contributed by atoms with Crippen LogP contribution in [0.15, 0.2) is 24.3 Å². The number of amides is 1. The standard InChI is InChI=1S/C14H17ClN2O3/c15-8-11-4-1-5-12(11)9-16-14(18)10-3-2-6-13(7-10)17(19)20/h2-3,6-7,11-12H,1,4-5,8-9H2,(H,16,18). The van der Waals surface area contributed by atoms with Crippen molar-refractivity contribution in [1.29, 1.82) is 0 Å². The molecule has 0 radical (unpaired) electrons. The third-order valence-electron chi connectivity index (χ3n) is 3.86. The molecule has 1 saturated carbocycles. The van der Waals surface area contributed by atoms with Gasteiger partial charge in [0.15, 0.2) is 0 Å². The van der Waals surface area contributed by atoms with Crippen LogP contribution in [0.5, 0.6) is 0 Å². The molecule has 1 aliphatic carbocycles. The van der Waals surface area contributed by atoms with E-state index in [0.717, 1.165) is 19.3 Å². The Morgan fingerprint density at radius 1 is 1.40 bits per heavy atom. The molecule has 0 heterocycles. The maximum absolute atomic E-state index is 12.0. The summed E-state index contributed by atoms with van der Waals surface area (Å²) >= 11 is 5.90. The van der Waals surface area contributed by atoms with Crippen molar-refractivity contribution in [1.82, 2.24) is 5.32 Å². The van der Waals surface area contributed by atoms with E-state index in [1.54, 1.807) is 6.07 Å². The van der Waals surface area contributed by atoms with E-state index in [0.29, 0.717) is 29.8 Å². The second-order valence-electron chi connectivity index (χ2n) is 5.12. The quantitative estimate of drug-likeness (QED) is 0.516. The van der Waals surface area contributed by atoms with Gasteiger partial charge in [-0.1, -0.05) is 12.5 Å². The normalized spacial score (nSPS) is 21.6. The van der Waals surface area contributed by atoms with Gasteiger partial charge in [-0.3, -0.25) is 14.9 Å². The highest BCUT2D eigenvalue weighted by atomic mass is 35.5. The molecule has 1 fully saturated rings. The van der Waals surface area contributed by atoms with Crippen LogP contribution in [-0.2, 0) is 0 Å². The molecule has 2 rings (SSSR count). The number of nitrogens with zero attached hydrogens (tertiary/aromatic N) is 1. The minimum absolute atomic E-state index is 0.0721. The molecule has 108 valence electrons. The molecule has 1 aliphatic rings. The predicted molar refractivity (Wildman–Crippen MR) is 77.0 cm³/mol. The first-order chi connectivity index (χ1) is 9.61. The largest absolute Gasteiger partial charge is 0.352 e. The number of rotatable bonds is 5. The highest BCUT2D eigenvalue weighted by Crippen LogP contribution is 2.32. The van der Waals surface area contributed by atoms with Crippen molar-refractivity contribution in [2.75, 3.05) is 12.4 Å². The number of benzene rings is 1. The zero-order valence-electron chi connectivity index (χ0n) is 11.0. The van der Waals surface area contributed by atoms with Crippen molar-refractivity contribution in [3.63, 3.8) is 0 Å². The summed E-state index contributed by atoms with van der Waals surface area (Å²) in [6.07, 6.45) is 3.34. The van der Waals surface area contributed by atoms with Gasteiger partial charge in [-0.15, -0.1) is 11.6 Å². The Bertz CT molecular complexity index is 507. The monoisotopic (exact) mass is 296 g/mol. The first-order valence-electron chi connectivity index (χ1n) is 6.70. The second-order valence-corrected chi connectivity index (χ2v) is 5.43. The fourth-order valence-corrected chi connectivity index (χ4v) is 3.08. The molecule has 2 atom stereocenters. The number of hydrogen-bond acceptors (Lipinski definition) is 3. The first kappa shape index (κ1) is 14.8. The lowest BCUT2D eigenvalue weighted by molar-refractivity contribution is -0.384. The van der Waals surface area contributed by atoms with Crippen molar-refractivity contribution in [3.05, 3.63) is 39.9 Å². The third-order valence-corrected chi connectivity index (χ3v) is 4.26. The number of carbonyl (C=O) groups is 1. The van der Waals surface area contributed by atoms with E-state index in [9.17, 15) is 14.9 Å². The zero-order valence-corrected chi connectivity index (χ0v) is 11.8. The molecule has 20 heavy (non-hydrogen) atoms. The lowest BCUT2D eigenvalue weighted by atomic mass is 9.98. The summed E-state index contributed by atoms with van der Waals surface area (Å²) in [7, 11) is 0. The van der Waals surface area contributed by atoms with E-state index >= 15 is 0 Å². The minimum atomic E-state index is -0.503. The minimum Gasteiger partial charge on any atom is -0.352 e. The van der Waals surface area contributed by atoms with Gasteiger partial charge in [0.2, 0.25) is 0 Å². The molecule has 0 bridgehead atoms. The molecule has 1 aromatic rings. The topological polar surface area (TPSA) is 72.2 Å². The van der Waals surface area contributed by atoms with Crippen LogP contribution in [-0.4, -0.2) is 23.3 Å². The molecule has 1 N–H and O–H groups in total. The third kappa shape index (κ3) is 3.48. The average Bonchev–Trinajstić information content (AvgIpc) is 2.92. The maximum Gasteiger partial charge on any atom is 0.270 e. The van der Waals surface area contributed by atoms with Gasteiger partial charge in [0.25, 0.3) is 11.6 Å². The molecule has 0 saturated heterocycles. The van der Waals surface area contributed by atoms with E-state index in [-0.39, 0.29) is 11.6 Å². The van der Waals surface area contributed by atoms with Gasteiger partial charge < -0.3 is 5.32 Å². The Morgan fingerprint density at radius 3 is 2.85 bits per heavy atom. The van der Waals surface area contributed by atoms with Crippen LogP contribution in [0.2, 0.25) is 0 Å². The van der Waals surface area contributed by atoms with Gasteiger partial charge in [-0.2, -0.15) is 0 Å². The fourth-order valence-electron chi connectivity index (χ4n) is 2.67. The van der Waals surface area contributed by atoms with Crippen LogP contribution in [0.3, 0.4) is 0 Å². The Balaban J connectivity index is 1.95. The lowest BCUT2D eigenvalue weighted by Gasteiger charge is -2.17. The average molecular weight is 297 g/mol. The van der Waals surface area contributed by atoms with Crippen molar-refractivity contribution in [2.24, 2.45) is 11.8 Å². The highest BCUT2D eigenvalue weighted by Gasteiger charge is 2.26. The molecule has 0 aliphatic heterocycles. The molecule has 1 aromatic carbocycles. The van der Waals surface area contributed by atoms with E-state index < -0.39 is 4.92 Å². The Morgan fingerprint density at radius 2 is 2.15 bits per heavy atom. The molecule has 1 amide bonds. The van der Waals surface area contributed by atoms with E-state index in [4.69, 9.17) is 11.6 Å². The summed E-state index contributed by atoms with van der Waals surface area (Å²) in [6, 6.07) is 5.76. The molecule has 6 heteroatoms. The SMILES string of the molecule is O=C(NCC1CCCC1CCl)c1cccc([N+](=O)[O-])c1. The Labute approximate surface area is 122 Å². The molecule has 0 aromatic heterocycles. The van der Waals surface area contributed by atoms with E-state index in [1.807, 2.05) is 0 Å². The zero-order chi connectivity index (χ0) is 14.5. The van der Waals surface area contributed by atoms with Crippen molar-refractivity contribution in [2.45, 2.75) is 19.3 Å². The maximum atomic E-state index is 12.0. The van der Waals surface area contributed by atoms with Crippen LogP contribution in [0, 0.1) is 22.0 Å². The molecule has 2 unspecified atom stereocenters. The number of alkyl halides is 1. The predicted octanol–water partition coefficient (Wildman–Crippen LogP) is 2.98. The molecule has 5 nitrogen and oxygen atoms in total. The van der Waals surface area contributed by atoms with Crippen LogP contribution < -0.4 is 5.32 Å². The first-order valence-corrected chi connectivity index (χ1v) is 7.24. The number of non-ortho nitro benzene ring substituents is 1. The molecular weight excluding hydrogens is 280 g/mol. The Kier molecular flexibility index (Phi) is 4.95.